The molecule has 0 amide bonds. The third-order valence-corrected chi connectivity index (χ3v) is 5.03. The van der Waals surface area contributed by atoms with E-state index in [1.165, 1.54) is 30.3 Å². The Morgan fingerprint density at radius 1 is 1.23 bits per heavy atom. The Morgan fingerprint density at radius 2 is 1.88 bits per heavy atom. The molecule has 0 atom stereocenters. The van der Waals surface area contributed by atoms with Crippen LogP contribution in [-0.2, 0) is 10.0 Å². The molecule has 0 saturated heterocycles. The number of fused-ring (bicyclic) bond motifs is 1. The highest BCUT2D eigenvalue weighted by Gasteiger charge is 2.22. The number of rotatable bonds is 5. The summed E-state index contributed by atoms with van der Waals surface area (Å²) in [5.41, 5.74) is 1.61. The number of sulfonamides is 1. The van der Waals surface area contributed by atoms with E-state index in [1.807, 2.05) is 0 Å². The van der Waals surface area contributed by atoms with Gasteiger partial charge in [-0.3, -0.25) is 9.52 Å². The van der Waals surface area contributed by atoms with Crippen LogP contribution in [0.15, 0.2) is 45.3 Å². The minimum absolute atomic E-state index is 0.126. The van der Waals surface area contributed by atoms with Crippen LogP contribution in [0.1, 0.15) is 23.7 Å². The van der Waals surface area contributed by atoms with Crippen LogP contribution in [-0.4, -0.2) is 20.5 Å². The topological polar surface area (TPSA) is 76.4 Å². The van der Waals surface area contributed by atoms with Gasteiger partial charge in [-0.25, -0.2) is 12.8 Å². The molecule has 2 aromatic carbocycles. The van der Waals surface area contributed by atoms with Crippen LogP contribution in [0.5, 0.6) is 0 Å². The van der Waals surface area contributed by atoms with Crippen LogP contribution in [0.3, 0.4) is 0 Å². The van der Waals surface area contributed by atoms with Crippen molar-refractivity contribution in [1.29, 1.82) is 0 Å². The average Bonchev–Trinajstić information content (AvgIpc) is 2.92. The van der Waals surface area contributed by atoms with Crippen molar-refractivity contribution in [3.05, 3.63) is 52.3 Å². The first-order chi connectivity index (χ1) is 12.2. The van der Waals surface area contributed by atoms with Gasteiger partial charge >= 0.3 is 0 Å². The number of ketones is 1. The minimum atomic E-state index is -3.48. The number of nitrogens with one attached hydrogen (secondary N) is 1. The van der Waals surface area contributed by atoms with Crippen molar-refractivity contribution < 1.29 is 22.0 Å². The number of halogens is 2. The molecule has 1 aromatic heterocycles. The maximum Gasteiger partial charge on any atom is 0.229 e. The summed E-state index contributed by atoms with van der Waals surface area (Å²) in [6.45, 7) is 1.74. The minimum Gasteiger partial charge on any atom is -0.455 e. The maximum absolute atomic E-state index is 13.2. The van der Waals surface area contributed by atoms with E-state index in [9.17, 15) is 17.6 Å². The number of carbonyl (C=O) groups excluding carboxylic acids is 1. The molecule has 136 valence electrons. The molecule has 0 radical (unpaired) electrons. The van der Waals surface area contributed by atoms with Crippen LogP contribution >= 0.6 is 15.9 Å². The molecule has 0 unspecified atom stereocenters. The summed E-state index contributed by atoms with van der Waals surface area (Å²) in [6.07, 6.45) is 1.31. The molecular formula is C18H15BrFNO4S. The first-order valence-corrected chi connectivity index (χ1v) is 10.4. The highest BCUT2D eigenvalue weighted by molar-refractivity contribution is 9.10. The Bertz CT molecular complexity index is 1100. The molecule has 0 saturated carbocycles. The summed E-state index contributed by atoms with van der Waals surface area (Å²) in [6, 6.07) is 8.79. The average molecular weight is 440 g/mol. The third kappa shape index (κ3) is 3.66. The lowest BCUT2D eigenvalue weighted by Crippen LogP contribution is -2.09. The summed E-state index contributed by atoms with van der Waals surface area (Å²) in [5.74, 6) is -0.190. The fourth-order valence-corrected chi connectivity index (χ4v) is 3.79. The van der Waals surface area contributed by atoms with E-state index in [0.717, 1.165) is 6.26 Å². The second-order valence-electron chi connectivity index (χ2n) is 5.79. The summed E-state index contributed by atoms with van der Waals surface area (Å²) >= 11 is 3.32. The van der Waals surface area contributed by atoms with Crippen molar-refractivity contribution >= 4 is 48.4 Å². The molecule has 0 fully saturated rings. The fraction of sp³-hybridized carbons (Fsp3) is 0.167. The van der Waals surface area contributed by atoms with Crippen LogP contribution in [0.4, 0.5) is 10.1 Å². The lowest BCUT2D eigenvalue weighted by atomic mass is 10.0. The van der Waals surface area contributed by atoms with Gasteiger partial charge in [-0.2, -0.15) is 0 Å². The summed E-state index contributed by atoms with van der Waals surface area (Å²) in [7, 11) is -3.48. The lowest BCUT2D eigenvalue weighted by molar-refractivity contribution is 0.0989. The SMILES string of the molecule is CCC(=O)c1c(-c2ccc(F)cc2)oc2cc(NS(C)(=O)=O)c(Br)cc12. The quantitative estimate of drug-likeness (QED) is 0.569. The van der Waals surface area contributed by atoms with E-state index >= 15 is 0 Å². The second kappa shape index (κ2) is 6.85. The van der Waals surface area contributed by atoms with E-state index in [1.54, 1.807) is 13.0 Å². The second-order valence-corrected chi connectivity index (χ2v) is 8.40. The standard InChI is InChI=1S/C18H15BrFNO4S/c1-3-15(22)17-12-8-13(19)14(21-26(2,23)24)9-16(12)25-18(17)10-4-6-11(20)7-5-10/h4-9,21H,3H2,1-2H3. The first-order valence-electron chi connectivity index (χ1n) is 7.72. The van der Waals surface area contributed by atoms with Crippen LogP contribution in [0.25, 0.3) is 22.3 Å². The molecule has 0 aliphatic carbocycles. The van der Waals surface area contributed by atoms with Crippen LogP contribution < -0.4 is 4.72 Å². The van der Waals surface area contributed by atoms with Crippen molar-refractivity contribution in [3.63, 3.8) is 0 Å². The van der Waals surface area contributed by atoms with Gasteiger partial charge in [-0.1, -0.05) is 6.92 Å². The van der Waals surface area contributed by atoms with Gasteiger partial charge in [0.05, 0.1) is 17.5 Å². The molecule has 0 bridgehead atoms. The third-order valence-electron chi connectivity index (χ3n) is 3.78. The molecule has 5 nitrogen and oxygen atoms in total. The largest absolute Gasteiger partial charge is 0.455 e. The predicted octanol–water partition coefficient (Wildman–Crippen LogP) is 4.97. The maximum atomic E-state index is 13.2. The van der Waals surface area contributed by atoms with Crippen molar-refractivity contribution in [3.8, 4) is 11.3 Å². The molecule has 26 heavy (non-hydrogen) atoms. The van der Waals surface area contributed by atoms with Crippen molar-refractivity contribution in [2.24, 2.45) is 0 Å². The van der Waals surface area contributed by atoms with Gasteiger partial charge < -0.3 is 4.42 Å². The van der Waals surface area contributed by atoms with E-state index < -0.39 is 15.8 Å². The highest BCUT2D eigenvalue weighted by atomic mass is 79.9. The van der Waals surface area contributed by atoms with Crippen LogP contribution in [0.2, 0.25) is 0 Å². The number of hydrogen-bond acceptors (Lipinski definition) is 4. The zero-order valence-electron chi connectivity index (χ0n) is 14.0. The van der Waals surface area contributed by atoms with Crippen molar-refractivity contribution in [2.75, 3.05) is 11.0 Å². The van der Waals surface area contributed by atoms with Gasteiger partial charge in [-0.15, -0.1) is 0 Å². The Labute approximate surface area is 158 Å². The number of hydrogen-bond donors (Lipinski definition) is 1. The summed E-state index contributed by atoms with van der Waals surface area (Å²) in [5, 5.41) is 0.558. The zero-order chi connectivity index (χ0) is 19.1. The molecule has 1 N–H and O–H groups in total. The van der Waals surface area contributed by atoms with Crippen LogP contribution in [0, 0.1) is 5.82 Å². The molecular weight excluding hydrogens is 425 g/mol. The lowest BCUT2D eigenvalue weighted by Gasteiger charge is -2.06. The summed E-state index contributed by atoms with van der Waals surface area (Å²) in [4.78, 5) is 12.5. The van der Waals surface area contributed by atoms with Gasteiger partial charge in [0.25, 0.3) is 0 Å². The van der Waals surface area contributed by atoms with E-state index in [4.69, 9.17) is 4.42 Å². The van der Waals surface area contributed by atoms with Gasteiger partial charge in [0, 0.05) is 27.9 Å². The van der Waals surface area contributed by atoms with E-state index in [-0.39, 0.29) is 12.2 Å². The number of carbonyl (C=O) groups is 1. The predicted molar refractivity (Wildman–Crippen MR) is 102 cm³/mol. The Balaban J connectivity index is 2.27. The Hall–Kier alpha value is -2.19. The molecule has 1 heterocycles. The van der Waals surface area contributed by atoms with Gasteiger partial charge in [-0.05, 0) is 46.3 Å². The van der Waals surface area contributed by atoms with E-state index in [0.29, 0.717) is 38.0 Å². The number of anilines is 1. The molecule has 0 aliphatic heterocycles. The van der Waals surface area contributed by atoms with Crippen molar-refractivity contribution in [1.82, 2.24) is 0 Å². The summed E-state index contributed by atoms with van der Waals surface area (Å²) < 4.78 is 45.0. The first kappa shape index (κ1) is 18.6. The molecule has 0 aliphatic rings. The smallest absolute Gasteiger partial charge is 0.229 e. The molecule has 8 heteroatoms. The van der Waals surface area contributed by atoms with E-state index in [2.05, 4.69) is 20.7 Å². The van der Waals surface area contributed by atoms with Gasteiger partial charge in [0.1, 0.15) is 17.2 Å². The highest BCUT2D eigenvalue weighted by Crippen LogP contribution is 2.38. The fourth-order valence-electron chi connectivity index (χ4n) is 2.65. The van der Waals surface area contributed by atoms with Gasteiger partial charge in [0.15, 0.2) is 5.78 Å². The number of Topliss-reactive ketones (excluding diaryl/α,β-unsaturated/α-hetero) is 1. The zero-order valence-corrected chi connectivity index (χ0v) is 16.4. The Kier molecular flexibility index (Phi) is 4.90. The monoisotopic (exact) mass is 439 g/mol. The molecule has 3 aromatic rings. The van der Waals surface area contributed by atoms with Gasteiger partial charge in [0.2, 0.25) is 10.0 Å². The number of benzene rings is 2. The molecule has 3 rings (SSSR count). The molecule has 0 spiro atoms. The normalized spacial score (nSPS) is 11.7. The van der Waals surface area contributed by atoms with Crippen molar-refractivity contribution in [2.45, 2.75) is 13.3 Å². The number of furan rings is 1. The Morgan fingerprint density at radius 3 is 2.46 bits per heavy atom.